The molecule has 0 aliphatic carbocycles. The van der Waals surface area contributed by atoms with Crippen molar-refractivity contribution in [2.45, 2.75) is 0 Å². The summed E-state index contributed by atoms with van der Waals surface area (Å²) in [7, 11) is 0. The van der Waals surface area contributed by atoms with Gasteiger partial charge in [-0.05, 0) is 42.7 Å². The number of nitrogens with one attached hydrogen (secondary N) is 2. The Morgan fingerprint density at radius 2 is 2.04 bits per heavy atom. The van der Waals surface area contributed by atoms with Crippen LogP contribution in [0.5, 0.6) is 0 Å². The number of anilines is 2. The van der Waals surface area contributed by atoms with E-state index in [9.17, 15) is 0 Å². The first-order chi connectivity index (χ1) is 12.3. The monoisotopic (exact) mass is 366 g/mol. The molecule has 1 aromatic carbocycles. The van der Waals surface area contributed by atoms with E-state index in [1.54, 1.807) is 6.20 Å². The van der Waals surface area contributed by atoms with E-state index in [2.05, 4.69) is 25.6 Å². The molecule has 2 aromatic heterocycles. The molecule has 0 spiro atoms. The summed E-state index contributed by atoms with van der Waals surface area (Å²) in [6, 6.07) is 13.4. The maximum atomic E-state index is 8.66. The number of hydrogen-bond acceptors (Lipinski definition) is 7. The Labute approximate surface area is 153 Å². The fourth-order valence-electron chi connectivity index (χ4n) is 2.00. The largest absolute Gasteiger partial charge is 0.332 e. The van der Waals surface area contributed by atoms with Crippen molar-refractivity contribution in [2.75, 3.05) is 11.6 Å². The molecule has 0 fully saturated rings. The molecule has 0 saturated heterocycles. The second-order valence-electron chi connectivity index (χ2n) is 4.78. The SMILES string of the molecule is CSC(=Nc1ccc(Nc2nc(-c3ccccn3)cs2)cc1)NC#N. The van der Waals surface area contributed by atoms with E-state index in [0.29, 0.717) is 5.17 Å². The Morgan fingerprint density at radius 3 is 2.72 bits per heavy atom. The van der Waals surface area contributed by atoms with E-state index in [1.165, 1.54) is 23.1 Å². The van der Waals surface area contributed by atoms with Crippen LogP contribution >= 0.6 is 23.1 Å². The van der Waals surface area contributed by atoms with Gasteiger partial charge in [-0.2, -0.15) is 5.26 Å². The number of aromatic nitrogens is 2. The van der Waals surface area contributed by atoms with E-state index in [4.69, 9.17) is 5.26 Å². The highest BCUT2D eigenvalue weighted by atomic mass is 32.2. The van der Waals surface area contributed by atoms with Crippen molar-refractivity contribution in [3.63, 3.8) is 0 Å². The first kappa shape index (κ1) is 17.0. The van der Waals surface area contributed by atoms with Gasteiger partial charge in [-0.15, -0.1) is 11.3 Å². The van der Waals surface area contributed by atoms with Crippen molar-refractivity contribution in [2.24, 2.45) is 4.99 Å². The highest BCUT2D eigenvalue weighted by Gasteiger charge is 2.05. The number of nitriles is 1. The molecule has 2 N–H and O–H groups in total. The van der Waals surface area contributed by atoms with Gasteiger partial charge in [-0.3, -0.25) is 10.3 Å². The zero-order chi connectivity index (χ0) is 17.5. The second kappa shape index (κ2) is 8.28. The van der Waals surface area contributed by atoms with Crippen LogP contribution in [0.2, 0.25) is 0 Å². The molecule has 0 amide bonds. The minimum Gasteiger partial charge on any atom is -0.332 e. The molecule has 25 heavy (non-hydrogen) atoms. The topological polar surface area (TPSA) is 86.0 Å². The van der Waals surface area contributed by atoms with E-state index in [0.717, 1.165) is 27.9 Å². The van der Waals surface area contributed by atoms with Crippen LogP contribution in [-0.2, 0) is 0 Å². The third-order valence-electron chi connectivity index (χ3n) is 3.14. The molecule has 3 rings (SSSR count). The molecule has 0 saturated carbocycles. The van der Waals surface area contributed by atoms with Gasteiger partial charge in [0.25, 0.3) is 0 Å². The molecule has 3 aromatic rings. The lowest BCUT2D eigenvalue weighted by Crippen LogP contribution is -2.12. The van der Waals surface area contributed by atoms with Crippen LogP contribution in [0.3, 0.4) is 0 Å². The fraction of sp³-hybridized carbons (Fsp3) is 0.0588. The Balaban J connectivity index is 1.70. The predicted octanol–water partition coefficient (Wildman–Crippen LogP) is 4.37. The molecule has 0 bridgehead atoms. The number of thioether (sulfide) groups is 1. The zero-order valence-corrected chi connectivity index (χ0v) is 14.9. The number of aliphatic imine (C=N–C) groups is 1. The van der Waals surface area contributed by atoms with Gasteiger partial charge in [0.05, 0.1) is 11.4 Å². The zero-order valence-electron chi connectivity index (χ0n) is 13.3. The number of thiazole rings is 1. The fourth-order valence-corrected chi connectivity index (χ4v) is 3.06. The molecule has 0 atom stereocenters. The van der Waals surface area contributed by atoms with Crippen molar-refractivity contribution < 1.29 is 0 Å². The number of rotatable bonds is 4. The summed E-state index contributed by atoms with van der Waals surface area (Å²) in [6.07, 6.45) is 5.49. The van der Waals surface area contributed by atoms with Gasteiger partial charge in [-0.1, -0.05) is 17.8 Å². The van der Waals surface area contributed by atoms with Crippen LogP contribution in [-0.4, -0.2) is 21.4 Å². The summed E-state index contributed by atoms with van der Waals surface area (Å²) < 4.78 is 0. The predicted molar refractivity (Wildman–Crippen MR) is 104 cm³/mol. The summed E-state index contributed by atoms with van der Waals surface area (Å²) in [6.45, 7) is 0. The minimum atomic E-state index is 0.558. The van der Waals surface area contributed by atoms with Crippen molar-refractivity contribution in [1.82, 2.24) is 15.3 Å². The normalized spacial score (nSPS) is 11.0. The van der Waals surface area contributed by atoms with Gasteiger partial charge in [0.15, 0.2) is 16.5 Å². The molecule has 0 aliphatic heterocycles. The van der Waals surface area contributed by atoms with Crippen LogP contribution < -0.4 is 10.6 Å². The standard InChI is InChI=1S/C17H14N6S2/c1-24-16(20-11-18)21-12-5-7-13(8-6-12)22-17-23-15(10-25-17)14-4-2-3-9-19-14/h2-10H,1H3,(H,20,21)(H,22,23). The Morgan fingerprint density at radius 1 is 1.20 bits per heavy atom. The van der Waals surface area contributed by atoms with Gasteiger partial charge in [0.2, 0.25) is 0 Å². The van der Waals surface area contributed by atoms with Crippen LogP contribution in [0.25, 0.3) is 11.4 Å². The lowest BCUT2D eigenvalue weighted by Gasteiger charge is -2.04. The van der Waals surface area contributed by atoms with E-state index in [-0.39, 0.29) is 0 Å². The number of pyridine rings is 1. The van der Waals surface area contributed by atoms with Crippen molar-refractivity contribution >= 4 is 44.8 Å². The number of nitrogens with zero attached hydrogens (tertiary/aromatic N) is 4. The average Bonchev–Trinajstić information content (AvgIpc) is 3.12. The van der Waals surface area contributed by atoms with Crippen molar-refractivity contribution in [3.05, 3.63) is 54.0 Å². The van der Waals surface area contributed by atoms with Crippen LogP contribution in [0, 0.1) is 11.5 Å². The van der Waals surface area contributed by atoms with Gasteiger partial charge in [-0.25, -0.2) is 9.98 Å². The third-order valence-corrected chi connectivity index (χ3v) is 4.47. The highest BCUT2D eigenvalue weighted by Crippen LogP contribution is 2.27. The summed E-state index contributed by atoms with van der Waals surface area (Å²) in [5.74, 6) is 0. The van der Waals surface area contributed by atoms with E-state index >= 15 is 0 Å². The quantitative estimate of drug-likeness (QED) is 0.309. The maximum Gasteiger partial charge on any atom is 0.187 e. The Bertz CT molecular complexity index is 897. The van der Waals surface area contributed by atoms with E-state index < -0.39 is 0 Å². The maximum absolute atomic E-state index is 8.66. The van der Waals surface area contributed by atoms with Crippen molar-refractivity contribution in [1.29, 1.82) is 5.26 Å². The van der Waals surface area contributed by atoms with Crippen molar-refractivity contribution in [3.8, 4) is 17.6 Å². The van der Waals surface area contributed by atoms with Crippen LogP contribution in [0.1, 0.15) is 0 Å². The first-order valence-electron chi connectivity index (χ1n) is 7.30. The van der Waals surface area contributed by atoms with Crippen LogP contribution in [0.4, 0.5) is 16.5 Å². The third kappa shape index (κ3) is 4.56. The lowest BCUT2D eigenvalue weighted by molar-refractivity contribution is 1.27. The number of benzene rings is 1. The molecule has 6 nitrogen and oxygen atoms in total. The molecular formula is C17H14N6S2. The first-order valence-corrected chi connectivity index (χ1v) is 9.41. The number of amidine groups is 1. The average molecular weight is 366 g/mol. The van der Waals surface area contributed by atoms with Gasteiger partial charge >= 0.3 is 0 Å². The summed E-state index contributed by atoms with van der Waals surface area (Å²) in [4.78, 5) is 13.2. The molecule has 0 aliphatic rings. The minimum absolute atomic E-state index is 0.558. The molecular weight excluding hydrogens is 352 g/mol. The smallest absolute Gasteiger partial charge is 0.187 e. The Hall–Kier alpha value is -2.89. The highest BCUT2D eigenvalue weighted by molar-refractivity contribution is 8.13. The second-order valence-corrected chi connectivity index (χ2v) is 6.44. The molecule has 0 radical (unpaired) electrons. The molecule has 0 unspecified atom stereocenters. The summed E-state index contributed by atoms with van der Waals surface area (Å²) in [5.41, 5.74) is 3.39. The molecule has 2 heterocycles. The molecule has 124 valence electrons. The number of hydrogen-bond donors (Lipinski definition) is 2. The summed E-state index contributed by atoms with van der Waals surface area (Å²) >= 11 is 2.91. The summed E-state index contributed by atoms with van der Waals surface area (Å²) in [5, 5.41) is 17.8. The van der Waals surface area contributed by atoms with Gasteiger partial charge < -0.3 is 5.32 Å². The molecule has 8 heteroatoms. The van der Waals surface area contributed by atoms with Gasteiger partial charge in [0, 0.05) is 17.3 Å². The van der Waals surface area contributed by atoms with Crippen LogP contribution in [0.15, 0.2) is 59.0 Å². The lowest BCUT2D eigenvalue weighted by atomic mass is 10.3. The van der Waals surface area contributed by atoms with E-state index in [1.807, 2.05) is 60.3 Å². The Kier molecular flexibility index (Phi) is 5.61. The van der Waals surface area contributed by atoms with Gasteiger partial charge in [0.1, 0.15) is 5.69 Å².